The smallest absolute Gasteiger partial charge is 0.404 e. The number of hydrogen-bond donors (Lipinski definition) is 0. The van der Waals surface area contributed by atoms with Gasteiger partial charge in [0.15, 0.2) is 0 Å². The molecule has 0 amide bonds. The van der Waals surface area contributed by atoms with Crippen molar-refractivity contribution in [1.29, 1.82) is 0 Å². The Hall–Kier alpha value is -1.55. The normalized spacial score (nSPS) is 11.9. The van der Waals surface area contributed by atoms with Gasteiger partial charge in [-0.15, -0.1) is 0 Å². The maximum Gasteiger partial charge on any atom is 0.516 e. The van der Waals surface area contributed by atoms with Gasteiger partial charge in [0, 0.05) is 0 Å². The monoisotopic (exact) mass is 238 g/mol. The summed E-state index contributed by atoms with van der Waals surface area (Å²) < 4.78 is 15.2. The molecule has 0 spiro atoms. The van der Waals surface area contributed by atoms with E-state index in [1.165, 1.54) is 0 Å². The van der Waals surface area contributed by atoms with Crippen LogP contribution in [0.5, 0.6) is 5.75 Å². The molecule has 4 heteroatoms. The molecular weight excluding hydrogens is 220 g/mol. The zero-order valence-electron chi connectivity index (χ0n) is 10.4. The van der Waals surface area contributed by atoms with Crippen molar-refractivity contribution in [3.05, 3.63) is 29.8 Å². The summed E-state index contributed by atoms with van der Waals surface area (Å²) in [5.74, 6) is 0.500. The molecule has 0 saturated carbocycles. The Labute approximate surface area is 101 Å². The highest BCUT2D eigenvalue weighted by atomic mass is 16.8. The molecule has 1 unspecified atom stereocenters. The van der Waals surface area contributed by atoms with Crippen LogP contribution in [-0.4, -0.2) is 19.1 Å². The summed E-state index contributed by atoms with van der Waals surface area (Å²) in [7, 11) is 0. The van der Waals surface area contributed by atoms with Crippen LogP contribution in [0.25, 0.3) is 0 Å². The number of ether oxygens (including phenoxy) is 3. The second-order valence-electron chi connectivity index (χ2n) is 3.67. The molecule has 1 rings (SSSR count). The molecule has 94 valence electrons. The van der Waals surface area contributed by atoms with Gasteiger partial charge in [-0.1, -0.05) is 25.1 Å². The quantitative estimate of drug-likeness (QED) is 0.448. The number of hydrogen-bond acceptors (Lipinski definition) is 4. The molecule has 0 bridgehead atoms. The van der Waals surface area contributed by atoms with Gasteiger partial charge in [0.05, 0.1) is 6.61 Å². The average molecular weight is 238 g/mol. The highest BCUT2D eigenvalue weighted by molar-refractivity contribution is 5.64. The fourth-order valence-corrected chi connectivity index (χ4v) is 1.24. The lowest BCUT2D eigenvalue weighted by molar-refractivity contribution is -0.102. The van der Waals surface area contributed by atoms with Crippen molar-refractivity contribution in [2.24, 2.45) is 0 Å². The van der Waals surface area contributed by atoms with Crippen LogP contribution < -0.4 is 4.74 Å². The van der Waals surface area contributed by atoms with E-state index < -0.39 is 12.4 Å². The summed E-state index contributed by atoms with van der Waals surface area (Å²) >= 11 is 0. The van der Waals surface area contributed by atoms with Gasteiger partial charge >= 0.3 is 6.16 Å². The van der Waals surface area contributed by atoms with Gasteiger partial charge < -0.3 is 14.2 Å². The summed E-state index contributed by atoms with van der Waals surface area (Å²) in [6, 6.07) is 7.25. The van der Waals surface area contributed by atoms with Crippen molar-refractivity contribution < 1.29 is 19.0 Å². The maximum atomic E-state index is 11.4. The van der Waals surface area contributed by atoms with E-state index in [1.807, 2.05) is 26.0 Å². The molecule has 1 aromatic carbocycles. The standard InChI is InChI=1S/C13H18O4/c1-4-9-15-11(3)16-13(14)17-12-8-6-5-7-10(12)2/h5-8,11H,4,9H2,1-3H3. The van der Waals surface area contributed by atoms with Crippen LogP contribution in [0, 0.1) is 6.92 Å². The van der Waals surface area contributed by atoms with Gasteiger partial charge in [0.25, 0.3) is 0 Å². The van der Waals surface area contributed by atoms with Crippen LogP contribution in [0.1, 0.15) is 25.8 Å². The number of para-hydroxylation sites is 1. The summed E-state index contributed by atoms with van der Waals surface area (Å²) in [6.07, 6.45) is -0.463. The topological polar surface area (TPSA) is 44.8 Å². The number of carbonyl (C=O) groups is 1. The van der Waals surface area contributed by atoms with E-state index in [1.54, 1.807) is 19.1 Å². The first-order valence-corrected chi connectivity index (χ1v) is 5.69. The Balaban J connectivity index is 2.42. The van der Waals surface area contributed by atoms with Gasteiger partial charge in [-0.2, -0.15) is 0 Å². The summed E-state index contributed by atoms with van der Waals surface area (Å²) in [5.41, 5.74) is 0.881. The van der Waals surface area contributed by atoms with Crippen LogP contribution in [-0.2, 0) is 9.47 Å². The molecule has 1 aromatic rings. The Morgan fingerprint density at radius 3 is 2.71 bits per heavy atom. The molecule has 0 aliphatic heterocycles. The van der Waals surface area contributed by atoms with E-state index in [2.05, 4.69) is 0 Å². The molecule has 4 nitrogen and oxygen atoms in total. The minimum atomic E-state index is -0.747. The first kappa shape index (κ1) is 13.5. The predicted octanol–water partition coefficient (Wildman–Crippen LogP) is 3.28. The first-order chi connectivity index (χ1) is 8.13. The SMILES string of the molecule is CCCOC(C)OC(=O)Oc1ccccc1C. The maximum absolute atomic E-state index is 11.4. The molecule has 17 heavy (non-hydrogen) atoms. The number of benzene rings is 1. The first-order valence-electron chi connectivity index (χ1n) is 5.69. The molecular formula is C13H18O4. The fourth-order valence-electron chi connectivity index (χ4n) is 1.24. The van der Waals surface area contributed by atoms with E-state index in [9.17, 15) is 4.79 Å². The third-order valence-corrected chi connectivity index (χ3v) is 2.11. The molecule has 0 aromatic heterocycles. The zero-order chi connectivity index (χ0) is 12.7. The lowest BCUT2D eigenvalue weighted by Gasteiger charge is -2.13. The van der Waals surface area contributed by atoms with Crippen molar-refractivity contribution in [2.45, 2.75) is 33.5 Å². The third-order valence-electron chi connectivity index (χ3n) is 2.11. The highest BCUT2D eigenvalue weighted by Gasteiger charge is 2.12. The molecule has 0 aliphatic rings. The minimum Gasteiger partial charge on any atom is -0.404 e. The van der Waals surface area contributed by atoms with E-state index in [4.69, 9.17) is 14.2 Å². The molecule has 0 radical (unpaired) electrons. The Morgan fingerprint density at radius 1 is 1.35 bits per heavy atom. The number of aryl methyl sites for hydroxylation is 1. The van der Waals surface area contributed by atoms with Crippen LogP contribution in [0.4, 0.5) is 4.79 Å². The van der Waals surface area contributed by atoms with Crippen LogP contribution in [0.3, 0.4) is 0 Å². The van der Waals surface area contributed by atoms with E-state index in [-0.39, 0.29) is 0 Å². The van der Waals surface area contributed by atoms with Crippen molar-refractivity contribution in [2.75, 3.05) is 6.61 Å². The van der Waals surface area contributed by atoms with Crippen molar-refractivity contribution in [1.82, 2.24) is 0 Å². The van der Waals surface area contributed by atoms with Gasteiger partial charge in [0.2, 0.25) is 6.29 Å². The predicted molar refractivity (Wildman–Crippen MR) is 64.0 cm³/mol. The Bertz CT molecular complexity index is 362. The minimum absolute atomic E-state index is 0.500. The van der Waals surface area contributed by atoms with E-state index >= 15 is 0 Å². The lowest BCUT2D eigenvalue weighted by atomic mass is 10.2. The third kappa shape index (κ3) is 4.87. The fraction of sp³-hybridized carbons (Fsp3) is 0.462. The van der Waals surface area contributed by atoms with E-state index in [0.29, 0.717) is 12.4 Å². The molecule has 0 saturated heterocycles. The van der Waals surface area contributed by atoms with Gasteiger partial charge in [-0.25, -0.2) is 4.79 Å². The number of carbonyl (C=O) groups excluding carboxylic acids is 1. The summed E-state index contributed by atoms with van der Waals surface area (Å²) in [5, 5.41) is 0. The second-order valence-corrected chi connectivity index (χ2v) is 3.67. The second kappa shape index (κ2) is 6.91. The van der Waals surface area contributed by atoms with Crippen molar-refractivity contribution >= 4 is 6.16 Å². The lowest BCUT2D eigenvalue weighted by Crippen LogP contribution is -2.21. The summed E-state index contributed by atoms with van der Waals surface area (Å²) in [6.45, 7) is 6.06. The highest BCUT2D eigenvalue weighted by Crippen LogP contribution is 2.17. The Morgan fingerprint density at radius 2 is 2.06 bits per heavy atom. The molecule has 0 aliphatic carbocycles. The number of rotatable bonds is 5. The molecule has 0 N–H and O–H groups in total. The molecule has 1 atom stereocenters. The summed E-state index contributed by atoms with van der Waals surface area (Å²) in [4.78, 5) is 11.4. The van der Waals surface area contributed by atoms with Crippen molar-refractivity contribution in [3.8, 4) is 5.75 Å². The van der Waals surface area contributed by atoms with Crippen LogP contribution in [0.2, 0.25) is 0 Å². The molecule has 0 fully saturated rings. The average Bonchev–Trinajstić information content (AvgIpc) is 2.29. The van der Waals surface area contributed by atoms with Crippen LogP contribution in [0.15, 0.2) is 24.3 Å². The Kier molecular flexibility index (Phi) is 5.49. The molecule has 0 heterocycles. The van der Waals surface area contributed by atoms with Gasteiger partial charge in [-0.05, 0) is 31.9 Å². The van der Waals surface area contributed by atoms with Gasteiger partial charge in [-0.3, -0.25) is 0 Å². The zero-order valence-corrected chi connectivity index (χ0v) is 10.4. The van der Waals surface area contributed by atoms with Crippen molar-refractivity contribution in [3.63, 3.8) is 0 Å². The van der Waals surface area contributed by atoms with E-state index in [0.717, 1.165) is 12.0 Å². The van der Waals surface area contributed by atoms with Gasteiger partial charge in [0.1, 0.15) is 5.75 Å². The van der Waals surface area contributed by atoms with Crippen LogP contribution >= 0.6 is 0 Å². The largest absolute Gasteiger partial charge is 0.516 e.